The summed E-state index contributed by atoms with van der Waals surface area (Å²) in [5.74, 6) is 0.265. The van der Waals surface area contributed by atoms with Gasteiger partial charge in [-0.15, -0.1) is 0 Å². The number of rotatable bonds is 4. The lowest BCUT2D eigenvalue weighted by Crippen LogP contribution is -2.32. The van der Waals surface area contributed by atoms with Crippen molar-refractivity contribution in [1.82, 2.24) is 19.4 Å². The fraction of sp³-hybridized carbons (Fsp3) is 0.278. The number of nitrogen functional groups attached to an aromatic ring is 1. The molecule has 0 saturated carbocycles. The van der Waals surface area contributed by atoms with Crippen molar-refractivity contribution >= 4 is 22.8 Å². The Balaban J connectivity index is 1.80. The smallest absolute Gasteiger partial charge is 0.231 e. The summed E-state index contributed by atoms with van der Waals surface area (Å²) >= 11 is 0. The molecule has 4 rings (SSSR count). The average Bonchev–Trinajstić information content (AvgIpc) is 3.19. The summed E-state index contributed by atoms with van der Waals surface area (Å²) in [4.78, 5) is 21.8. The molecule has 1 aliphatic rings. The zero-order valence-corrected chi connectivity index (χ0v) is 14.2. The van der Waals surface area contributed by atoms with E-state index in [1.807, 2.05) is 17.2 Å². The molecule has 5 N–H and O–H groups in total. The van der Waals surface area contributed by atoms with Crippen LogP contribution < -0.4 is 11.5 Å². The van der Waals surface area contributed by atoms with Crippen molar-refractivity contribution in [3.05, 3.63) is 36.8 Å². The molecule has 1 saturated heterocycles. The third-order valence-corrected chi connectivity index (χ3v) is 4.82. The van der Waals surface area contributed by atoms with Crippen molar-refractivity contribution in [3.8, 4) is 16.9 Å². The molecule has 1 unspecified atom stereocenters. The third kappa shape index (κ3) is 2.84. The Morgan fingerprint density at radius 1 is 1.35 bits per heavy atom. The van der Waals surface area contributed by atoms with E-state index in [0.29, 0.717) is 5.82 Å². The molecule has 1 atom stereocenters. The molecule has 8 heteroatoms. The number of nitrogens with zero attached hydrogens (tertiary/aromatic N) is 4. The Hall–Kier alpha value is -3.13. The van der Waals surface area contributed by atoms with Gasteiger partial charge < -0.3 is 21.1 Å². The minimum Gasteiger partial charge on any atom is -0.508 e. The molecule has 1 amide bonds. The number of hydrogen-bond donors (Lipinski definition) is 3. The number of fused-ring (bicyclic) bond motifs is 1. The van der Waals surface area contributed by atoms with E-state index in [9.17, 15) is 9.90 Å². The van der Waals surface area contributed by atoms with Gasteiger partial charge in [-0.25, -0.2) is 9.97 Å². The number of likely N-dealkylation sites (tertiary alicyclic amines) is 1. The van der Waals surface area contributed by atoms with Crippen LogP contribution in [-0.2, 0) is 4.79 Å². The first-order chi connectivity index (χ1) is 12.5. The van der Waals surface area contributed by atoms with Gasteiger partial charge in [-0.1, -0.05) is 12.1 Å². The van der Waals surface area contributed by atoms with Crippen molar-refractivity contribution in [2.75, 3.05) is 25.4 Å². The van der Waals surface area contributed by atoms with Gasteiger partial charge in [0.15, 0.2) is 0 Å². The topological polar surface area (TPSA) is 123 Å². The number of primary amides is 1. The van der Waals surface area contributed by atoms with E-state index in [2.05, 4.69) is 14.5 Å². The standard InChI is InChI=1S/C18H20N6O2/c19-15(26)9-23-5-4-12(7-23)24-8-14(11-2-1-3-13(25)6-11)16-17(20)21-10-22-18(16)24/h1-3,6,8,10,12,25H,4-5,7,9H2,(H2,19,26)(H2,20,21,22). The summed E-state index contributed by atoms with van der Waals surface area (Å²) < 4.78 is 2.09. The van der Waals surface area contributed by atoms with Crippen molar-refractivity contribution < 1.29 is 9.90 Å². The van der Waals surface area contributed by atoms with E-state index >= 15 is 0 Å². The van der Waals surface area contributed by atoms with Crippen molar-refractivity contribution in [2.24, 2.45) is 5.73 Å². The zero-order valence-electron chi connectivity index (χ0n) is 14.2. The Bertz CT molecular complexity index is 983. The molecule has 8 nitrogen and oxygen atoms in total. The molecule has 2 aromatic heterocycles. The minimum absolute atomic E-state index is 0.164. The monoisotopic (exact) mass is 352 g/mol. The van der Waals surface area contributed by atoms with Crippen molar-refractivity contribution in [1.29, 1.82) is 0 Å². The molecule has 1 aromatic carbocycles. The van der Waals surface area contributed by atoms with Gasteiger partial charge in [0.2, 0.25) is 5.91 Å². The Kier molecular flexibility index (Phi) is 3.96. The van der Waals surface area contributed by atoms with Gasteiger partial charge >= 0.3 is 0 Å². The van der Waals surface area contributed by atoms with Gasteiger partial charge in [0.1, 0.15) is 23.5 Å². The van der Waals surface area contributed by atoms with Gasteiger partial charge in [-0.05, 0) is 24.1 Å². The van der Waals surface area contributed by atoms with Gasteiger partial charge in [0, 0.05) is 30.9 Å². The van der Waals surface area contributed by atoms with Gasteiger partial charge in [0.25, 0.3) is 0 Å². The first kappa shape index (κ1) is 16.3. The first-order valence-corrected chi connectivity index (χ1v) is 8.44. The number of anilines is 1. The van der Waals surface area contributed by atoms with Crippen LogP contribution in [0.25, 0.3) is 22.2 Å². The van der Waals surface area contributed by atoms with Crippen LogP contribution in [0.1, 0.15) is 12.5 Å². The van der Waals surface area contributed by atoms with Crippen molar-refractivity contribution in [2.45, 2.75) is 12.5 Å². The maximum Gasteiger partial charge on any atom is 0.231 e. The van der Waals surface area contributed by atoms with E-state index in [4.69, 9.17) is 11.5 Å². The summed E-state index contributed by atoms with van der Waals surface area (Å²) in [6.07, 6.45) is 4.35. The Labute approximate surface area is 150 Å². The molecule has 1 aliphatic heterocycles. The summed E-state index contributed by atoms with van der Waals surface area (Å²) in [5, 5.41) is 10.6. The molecule has 0 bridgehead atoms. The highest BCUT2D eigenvalue weighted by molar-refractivity contribution is 6.00. The first-order valence-electron chi connectivity index (χ1n) is 8.44. The number of phenols is 1. The summed E-state index contributed by atoms with van der Waals surface area (Å²) in [6.45, 7) is 1.78. The number of aromatic nitrogens is 3. The highest BCUT2D eigenvalue weighted by Crippen LogP contribution is 2.36. The van der Waals surface area contributed by atoms with E-state index < -0.39 is 0 Å². The Morgan fingerprint density at radius 2 is 2.19 bits per heavy atom. The molecular weight excluding hydrogens is 332 g/mol. The molecule has 134 valence electrons. The quantitative estimate of drug-likeness (QED) is 0.646. The van der Waals surface area contributed by atoms with Crippen LogP contribution in [0.15, 0.2) is 36.8 Å². The predicted octanol–water partition coefficient (Wildman–Crippen LogP) is 1.12. The lowest BCUT2D eigenvalue weighted by Gasteiger charge is -2.15. The third-order valence-electron chi connectivity index (χ3n) is 4.82. The van der Waals surface area contributed by atoms with E-state index in [1.165, 1.54) is 6.33 Å². The molecule has 0 aliphatic carbocycles. The number of phenolic OH excluding ortho intramolecular Hbond substituents is 1. The molecule has 1 fully saturated rings. The molecule has 3 aromatic rings. The van der Waals surface area contributed by atoms with Crippen LogP contribution in [-0.4, -0.2) is 50.1 Å². The number of nitrogens with two attached hydrogens (primary N) is 2. The Morgan fingerprint density at radius 3 is 2.96 bits per heavy atom. The molecular formula is C18H20N6O2. The van der Waals surface area contributed by atoms with Crippen LogP contribution in [0.3, 0.4) is 0 Å². The normalized spacial score (nSPS) is 17.8. The molecule has 26 heavy (non-hydrogen) atoms. The number of carbonyl (C=O) groups excluding carboxylic acids is 1. The van der Waals surface area contributed by atoms with E-state index in [-0.39, 0.29) is 24.2 Å². The maximum atomic E-state index is 11.2. The number of hydrogen-bond acceptors (Lipinski definition) is 6. The predicted molar refractivity (Wildman–Crippen MR) is 98.3 cm³/mol. The number of carbonyl (C=O) groups is 1. The summed E-state index contributed by atoms with van der Waals surface area (Å²) in [7, 11) is 0. The van der Waals surface area contributed by atoms with Gasteiger partial charge in [-0.3, -0.25) is 9.69 Å². The second-order valence-electron chi connectivity index (χ2n) is 6.60. The molecule has 0 radical (unpaired) electrons. The number of amides is 1. The fourth-order valence-electron chi connectivity index (χ4n) is 3.68. The number of aromatic hydroxyl groups is 1. The van der Waals surface area contributed by atoms with Gasteiger partial charge in [-0.2, -0.15) is 0 Å². The fourth-order valence-corrected chi connectivity index (χ4v) is 3.68. The highest BCUT2D eigenvalue weighted by Gasteiger charge is 2.27. The van der Waals surface area contributed by atoms with Crippen molar-refractivity contribution in [3.63, 3.8) is 0 Å². The van der Waals surface area contributed by atoms with Crippen LogP contribution in [0.5, 0.6) is 5.75 Å². The second kappa shape index (κ2) is 6.30. The second-order valence-corrected chi connectivity index (χ2v) is 6.60. The van der Waals surface area contributed by atoms with Crippen LogP contribution in [0.2, 0.25) is 0 Å². The average molecular weight is 352 g/mol. The van der Waals surface area contributed by atoms with Gasteiger partial charge in [0.05, 0.1) is 11.9 Å². The van der Waals surface area contributed by atoms with Crippen LogP contribution in [0, 0.1) is 0 Å². The summed E-state index contributed by atoms with van der Waals surface area (Å²) in [5.41, 5.74) is 13.9. The SMILES string of the molecule is NC(=O)CN1CCC(n2cc(-c3cccc(O)c3)c3c(N)ncnc32)C1. The summed E-state index contributed by atoms with van der Waals surface area (Å²) in [6, 6.07) is 7.19. The van der Waals surface area contributed by atoms with E-state index in [1.54, 1.807) is 18.2 Å². The highest BCUT2D eigenvalue weighted by atomic mass is 16.3. The number of benzene rings is 1. The minimum atomic E-state index is -0.324. The maximum absolute atomic E-state index is 11.2. The van der Waals surface area contributed by atoms with Crippen LogP contribution >= 0.6 is 0 Å². The largest absolute Gasteiger partial charge is 0.508 e. The van der Waals surface area contributed by atoms with E-state index in [0.717, 1.165) is 41.7 Å². The lowest BCUT2D eigenvalue weighted by molar-refractivity contribution is -0.118. The molecule has 3 heterocycles. The lowest BCUT2D eigenvalue weighted by atomic mass is 10.1. The molecule has 0 spiro atoms. The zero-order chi connectivity index (χ0) is 18.3. The van der Waals surface area contributed by atoms with Crippen LogP contribution in [0.4, 0.5) is 5.82 Å².